The van der Waals surface area contributed by atoms with Crippen LogP contribution in [0.1, 0.15) is 39.5 Å². The van der Waals surface area contributed by atoms with E-state index in [1.54, 1.807) is 0 Å². The lowest BCUT2D eigenvalue weighted by Crippen LogP contribution is -2.28. The Morgan fingerprint density at radius 1 is 1.62 bits per heavy atom. The Morgan fingerprint density at radius 2 is 2.31 bits per heavy atom. The van der Waals surface area contributed by atoms with Crippen molar-refractivity contribution in [2.75, 3.05) is 0 Å². The number of carbonyl (C=O) groups excluding carboxylic acids is 1. The molecule has 0 heterocycles. The summed E-state index contributed by atoms with van der Waals surface area (Å²) in [6.07, 6.45) is 2.90. The fourth-order valence-corrected chi connectivity index (χ4v) is 2.33. The van der Waals surface area contributed by atoms with Crippen molar-refractivity contribution in [1.29, 1.82) is 5.26 Å². The molecule has 0 aromatic heterocycles. The summed E-state index contributed by atoms with van der Waals surface area (Å²) >= 11 is 0. The maximum Gasteiger partial charge on any atom is 0.133 e. The molecule has 0 saturated heterocycles. The van der Waals surface area contributed by atoms with E-state index in [0.29, 0.717) is 36.4 Å². The predicted molar refractivity (Wildman–Crippen MR) is 50.9 cm³/mol. The van der Waals surface area contributed by atoms with Crippen molar-refractivity contribution in [1.82, 2.24) is 0 Å². The number of rotatable bonds is 2. The second-order valence-electron chi connectivity index (χ2n) is 4.31. The summed E-state index contributed by atoms with van der Waals surface area (Å²) in [5.41, 5.74) is 0. The van der Waals surface area contributed by atoms with Gasteiger partial charge in [-0.15, -0.1) is 0 Å². The molecule has 0 spiro atoms. The van der Waals surface area contributed by atoms with Gasteiger partial charge in [0.25, 0.3) is 0 Å². The molecule has 1 saturated carbocycles. The van der Waals surface area contributed by atoms with Gasteiger partial charge in [0.2, 0.25) is 0 Å². The largest absolute Gasteiger partial charge is 0.300 e. The topological polar surface area (TPSA) is 40.9 Å². The van der Waals surface area contributed by atoms with Gasteiger partial charge in [0.1, 0.15) is 5.78 Å². The highest BCUT2D eigenvalue weighted by Gasteiger charge is 2.30. The van der Waals surface area contributed by atoms with Gasteiger partial charge in [0, 0.05) is 19.3 Å². The van der Waals surface area contributed by atoms with Gasteiger partial charge < -0.3 is 0 Å². The van der Waals surface area contributed by atoms with E-state index in [1.807, 2.05) is 0 Å². The Balaban J connectivity index is 2.61. The van der Waals surface area contributed by atoms with Crippen molar-refractivity contribution in [2.45, 2.75) is 39.5 Å². The lowest BCUT2D eigenvalue weighted by molar-refractivity contribution is -0.123. The summed E-state index contributed by atoms with van der Waals surface area (Å²) in [4.78, 5) is 11.2. The summed E-state index contributed by atoms with van der Waals surface area (Å²) in [6.45, 7) is 4.37. The quantitative estimate of drug-likeness (QED) is 0.653. The monoisotopic (exact) mass is 179 g/mol. The first-order valence-corrected chi connectivity index (χ1v) is 5.03. The average molecular weight is 179 g/mol. The molecule has 0 radical (unpaired) electrons. The van der Waals surface area contributed by atoms with Crippen molar-refractivity contribution >= 4 is 5.78 Å². The van der Waals surface area contributed by atoms with E-state index < -0.39 is 0 Å². The number of carbonyl (C=O) groups is 1. The molecule has 2 unspecified atom stereocenters. The third-order valence-electron chi connectivity index (χ3n) is 3.06. The Labute approximate surface area is 79.9 Å². The first-order valence-electron chi connectivity index (χ1n) is 5.03. The van der Waals surface area contributed by atoms with Crippen LogP contribution in [0.15, 0.2) is 0 Å². The lowest BCUT2D eigenvalue weighted by Gasteiger charge is -2.32. The standard InChI is InChI=1S/C11H17NO/c1-8(2)11-4-3-10(13)7-9(11)5-6-12/h8-9,11H,3-5,7H2,1-2H3. The molecule has 0 bridgehead atoms. The molecule has 1 aliphatic carbocycles. The second kappa shape index (κ2) is 4.41. The Morgan fingerprint density at radius 3 is 2.85 bits per heavy atom. The maximum absolute atomic E-state index is 11.2. The van der Waals surface area contributed by atoms with Crippen LogP contribution in [0.25, 0.3) is 0 Å². The summed E-state index contributed by atoms with van der Waals surface area (Å²) < 4.78 is 0. The van der Waals surface area contributed by atoms with E-state index in [9.17, 15) is 4.79 Å². The molecule has 2 atom stereocenters. The first-order chi connectivity index (χ1) is 6.15. The molecule has 72 valence electrons. The summed E-state index contributed by atoms with van der Waals surface area (Å²) in [6, 6.07) is 2.19. The highest BCUT2D eigenvalue weighted by Crippen LogP contribution is 2.35. The molecule has 1 aliphatic rings. The molecule has 0 aromatic carbocycles. The van der Waals surface area contributed by atoms with Crippen molar-refractivity contribution in [3.8, 4) is 6.07 Å². The van der Waals surface area contributed by atoms with Crippen LogP contribution < -0.4 is 0 Å². The summed E-state index contributed by atoms with van der Waals surface area (Å²) in [5.74, 6) is 1.85. The summed E-state index contributed by atoms with van der Waals surface area (Å²) in [7, 11) is 0. The highest BCUT2D eigenvalue weighted by molar-refractivity contribution is 5.79. The molecule has 0 aliphatic heterocycles. The van der Waals surface area contributed by atoms with Gasteiger partial charge in [0.15, 0.2) is 0 Å². The van der Waals surface area contributed by atoms with E-state index in [0.717, 1.165) is 12.8 Å². The molecular formula is C11H17NO. The normalized spacial score (nSPS) is 28.9. The number of nitriles is 1. The Hall–Kier alpha value is -0.840. The lowest BCUT2D eigenvalue weighted by atomic mass is 9.72. The van der Waals surface area contributed by atoms with Crippen LogP contribution in [0.4, 0.5) is 0 Å². The molecule has 13 heavy (non-hydrogen) atoms. The molecule has 1 fully saturated rings. The second-order valence-corrected chi connectivity index (χ2v) is 4.31. The average Bonchev–Trinajstić information content (AvgIpc) is 2.04. The number of nitrogens with zero attached hydrogens (tertiary/aromatic N) is 1. The molecule has 0 aromatic rings. The fraction of sp³-hybridized carbons (Fsp3) is 0.818. The van der Waals surface area contributed by atoms with E-state index >= 15 is 0 Å². The fourth-order valence-electron chi connectivity index (χ4n) is 2.33. The third kappa shape index (κ3) is 2.55. The van der Waals surface area contributed by atoms with Crippen LogP contribution >= 0.6 is 0 Å². The Bertz CT molecular complexity index is 227. The van der Waals surface area contributed by atoms with Gasteiger partial charge in [-0.25, -0.2) is 0 Å². The Kier molecular flexibility index (Phi) is 3.48. The third-order valence-corrected chi connectivity index (χ3v) is 3.06. The number of Topliss-reactive ketones (excluding diaryl/α,β-unsaturated/α-hetero) is 1. The van der Waals surface area contributed by atoms with E-state index in [1.165, 1.54) is 0 Å². The maximum atomic E-state index is 11.2. The van der Waals surface area contributed by atoms with Crippen LogP contribution in [0.5, 0.6) is 0 Å². The van der Waals surface area contributed by atoms with Crippen LogP contribution in [0.2, 0.25) is 0 Å². The van der Waals surface area contributed by atoms with Gasteiger partial charge in [0.05, 0.1) is 6.07 Å². The van der Waals surface area contributed by atoms with E-state index in [4.69, 9.17) is 5.26 Å². The molecule has 2 heteroatoms. The molecule has 2 nitrogen and oxygen atoms in total. The minimum atomic E-state index is 0.325. The van der Waals surface area contributed by atoms with Crippen molar-refractivity contribution in [2.24, 2.45) is 17.8 Å². The van der Waals surface area contributed by atoms with Gasteiger partial charge in [-0.2, -0.15) is 5.26 Å². The minimum Gasteiger partial charge on any atom is -0.300 e. The zero-order valence-corrected chi connectivity index (χ0v) is 8.42. The number of ketones is 1. The van der Waals surface area contributed by atoms with E-state index in [2.05, 4.69) is 19.9 Å². The van der Waals surface area contributed by atoms with Crippen molar-refractivity contribution in [3.63, 3.8) is 0 Å². The van der Waals surface area contributed by atoms with Crippen molar-refractivity contribution < 1.29 is 4.79 Å². The van der Waals surface area contributed by atoms with Crippen LogP contribution in [0.3, 0.4) is 0 Å². The highest BCUT2D eigenvalue weighted by atomic mass is 16.1. The van der Waals surface area contributed by atoms with E-state index in [-0.39, 0.29) is 0 Å². The van der Waals surface area contributed by atoms with Gasteiger partial charge in [-0.3, -0.25) is 4.79 Å². The van der Waals surface area contributed by atoms with Crippen LogP contribution in [0, 0.1) is 29.1 Å². The predicted octanol–water partition coefficient (Wildman–Crippen LogP) is 2.54. The van der Waals surface area contributed by atoms with Gasteiger partial charge >= 0.3 is 0 Å². The minimum absolute atomic E-state index is 0.325. The van der Waals surface area contributed by atoms with Crippen LogP contribution in [-0.2, 0) is 4.79 Å². The molecule has 1 rings (SSSR count). The first kappa shape index (κ1) is 10.2. The number of hydrogen-bond donors (Lipinski definition) is 0. The molecule has 0 amide bonds. The smallest absolute Gasteiger partial charge is 0.133 e. The zero-order valence-electron chi connectivity index (χ0n) is 8.42. The summed E-state index contributed by atoms with van der Waals surface area (Å²) in [5, 5.41) is 8.64. The molecular weight excluding hydrogens is 162 g/mol. The number of hydrogen-bond acceptors (Lipinski definition) is 2. The van der Waals surface area contributed by atoms with Gasteiger partial charge in [-0.05, 0) is 24.2 Å². The zero-order chi connectivity index (χ0) is 9.84. The van der Waals surface area contributed by atoms with Crippen molar-refractivity contribution in [3.05, 3.63) is 0 Å². The van der Waals surface area contributed by atoms with Crippen LogP contribution in [-0.4, -0.2) is 5.78 Å². The molecule has 0 N–H and O–H groups in total. The van der Waals surface area contributed by atoms with Gasteiger partial charge in [-0.1, -0.05) is 13.8 Å². The SMILES string of the molecule is CC(C)C1CCC(=O)CC1CC#N.